The van der Waals surface area contributed by atoms with Crippen molar-refractivity contribution in [1.29, 1.82) is 0 Å². The maximum atomic E-state index is 5.58. The summed E-state index contributed by atoms with van der Waals surface area (Å²) < 4.78 is 5.58. The summed E-state index contributed by atoms with van der Waals surface area (Å²) >= 11 is 0. The Balaban J connectivity index is 2.55. The normalized spacial score (nSPS) is 19.4. The summed E-state index contributed by atoms with van der Waals surface area (Å²) in [5, 5.41) is 6.63. The molecule has 0 radical (unpaired) electrons. The molecule has 0 fully saturated rings. The largest absolute Gasteiger partial charge is 0.481 e. The minimum Gasteiger partial charge on any atom is -0.481 e. The van der Waals surface area contributed by atoms with Crippen LogP contribution < -0.4 is 10.6 Å². The second kappa shape index (κ2) is 5.15. The zero-order valence-electron chi connectivity index (χ0n) is 12.3. The van der Waals surface area contributed by atoms with E-state index < -0.39 is 0 Å². The van der Waals surface area contributed by atoms with Gasteiger partial charge in [0.1, 0.15) is 0 Å². The summed E-state index contributed by atoms with van der Waals surface area (Å²) in [5.74, 6) is 0.651. The van der Waals surface area contributed by atoms with Crippen molar-refractivity contribution in [3.8, 4) is 0 Å². The van der Waals surface area contributed by atoms with Gasteiger partial charge in [0, 0.05) is 10.4 Å². The molecular formula is C20H15NO. The first-order chi connectivity index (χ1) is 10.9. The Kier molecular flexibility index (Phi) is 3.01. The SMILES string of the molecule is COC1=c2\cccc\c2=c2/cccc/c2=c2\cccc\c2=N\1. The molecule has 0 unspecified atom stereocenters. The van der Waals surface area contributed by atoms with Gasteiger partial charge in [-0.2, -0.15) is 0 Å². The Morgan fingerprint density at radius 3 is 1.68 bits per heavy atom. The molecule has 2 nitrogen and oxygen atoms in total. The van der Waals surface area contributed by atoms with Gasteiger partial charge in [0.15, 0.2) is 0 Å². The van der Waals surface area contributed by atoms with Crippen LogP contribution in [0.5, 0.6) is 0 Å². The second-order valence-electron chi connectivity index (χ2n) is 5.23. The first-order valence-corrected chi connectivity index (χ1v) is 7.29. The summed E-state index contributed by atoms with van der Waals surface area (Å²) in [6, 6.07) is 24.9. The monoisotopic (exact) mass is 285 g/mol. The highest BCUT2D eigenvalue weighted by atomic mass is 16.5. The Morgan fingerprint density at radius 1 is 0.591 bits per heavy atom. The van der Waals surface area contributed by atoms with Crippen molar-refractivity contribution in [2.24, 2.45) is 4.99 Å². The van der Waals surface area contributed by atoms with Gasteiger partial charge < -0.3 is 4.74 Å². The number of hydrogen-bond donors (Lipinski definition) is 0. The average molecular weight is 285 g/mol. The minimum absolute atomic E-state index is 0.651. The lowest BCUT2D eigenvalue weighted by Gasteiger charge is -2.04. The van der Waals surface area contributed by atoms with Gasteiger partial charge in [-0.15, -0.1) is 0 Å². The number of hydrogen-bond acceptors (Lipinski definition) is 2. The first kappa shape index (κ1) is 12.8. The van der Waals surface area contributed by atoms with Crippen LogP contribution >= 0.6 is 0 Å². The average Bonchev–Trinajstić information content (AvgIpc) is 2.59. The maximum Gasteiger partial charge on any atom is 0.221 e. The molecule has 106 valence electrons. The van der Waals surface area contributed by atoms with Crippen LogP contribution in [0, 0.1) is 20.9 Å². The maximum absolute atomic E-state index is 5.58. The molecule has 0 aliphatic carbocycles. The van der Waals surface area contributed by atoms with E-state index in [2.05, 4.69) is 48.5 Å². The van der Waals surface area contributed by atoms with Crippen molar-refractivity contribution in [1.82, 2.24) is 0 Å². The first-order valence-electron chi connectivity index (χ1n) is 7.29. The zero-order valence-corrected chi connectivity index (χ0v) is 12.3. The van der Waals surface area contributed by atoms with Crippen molar-refractivity contribution in [2.75, 3.05) is 7.11 Å². The molecule has 0 aromatic heterocycles. The molecule has 1 heterocycles. The summed E-state index contributed by atoms with van der Waals surface area (Å²) in [7, 11) is 1.67. The summed E-state index contributed by atoms with van der Waals surface area (Å²) in [6.45, 7) is 0. The van der Waals surface area contributed by atoms with E-state index >= 15 is 0 Å². The fourth-order valence-corrected chi connectivity index (χ4v) is 2.98. The van der Waals surface area contributed by atoms with Crippen molar-refractivity contribution >= 4 is 5.88 Å². The number of rotatable bonds is 1. The molecule has 0 saturated heterocycles. The van der Waals surface area contributed by atoms with Crippen LogP contribution in [0.1, 0.15) is 0 Å². The summed E-state index contributed by atoms with van der Waals surface area (Å²) in [6.07, 6.45) is 0. The second-order valence-corrected chi connectivity index (χ2v) is 5.23. The number of para-hydroxylation sites is 1. The molecular weight excluding hydrogens is 270 g/mol. The molecule has 1 aliphatic heterocycles. The third-order valence-corrected chi connectivity index (χ3v) is 3.98. The fraction of sp³-hybridized carbons (Fsp3) is 0.0500. The van der Waals surface area contributed by atoms with Crippen molar-refractivity contribution in [3.63, 3.8) is 0 Å². The molecule has 4 rings (SSSR count). The highest BCUT2D eigenvalue weighted by molar-refractivity contribution is 5.38. The quantitative estimate of drug-likeness (QED) is 0.673. The molecule has 0 spiro atoms. The van der Waals surface area contributed by atoms with Gasteiger partial charge in [-0.05, 0) is 27.8 Å². The lowest BCUT2D eigenvalue weighted by molar-refractivity contribution is 0.355. The van der Waals surface area contributed by atoms with Gasteiger partial charge in [0.2, 0.25) is 5.88 Å². The minimum atomic E-state index is 0.651. The van der Waals surface area contributed by atoms with Crippen LogP contribution in [0.15, 0.2) is 77.8 Å². The number of fused-ring (bicyclic) bond motifs is 3. The standard InChI is InChI=1S/C20H15NO/c1-22-20-18-12-5-4-10-16(18)14-8-2-3-9-15(14)17-11-6-7-13-19(17)21-20/h2-13H,1H3/b16-14-,17-15-,20-18+,21-19-,21-20?. The molecule has 0 atom stereocenters. The zero-order chi connectivity index (χ0) is 14.9. The van der Waals surface area contributed by atoms with Crippen molar-refractivity contribution in [3.05, 3.63) is 104 Å². The Bertz CT molecular complexity index is 1160. The van der Waals surface area contributed by atoms with E-state index in [4.69, 9.17) is 9.73 Å². The highest BCUT2D eigenvalue weighted by Crippen LogP contribution is 2.04. The lowest BCUT2D eigenvalue weighted by atomic mass is 10.1. The molecule has 1 aliphatic rings. The summed E-state index contributed by atoms with van der Waals surface area (Å²) in [4.78, 5) is 4.75. The van der Waals surface area contributed by atoms with E-state index in [0.717, 1.165) is 21.0 Å². The molecule has 0 amide bonds. The van der Waals surface area contributed by atoms with Gasteiger partial charge in [0.25, 0.3) is 0 Å². The molecule has 3 aromatic carbocycles. The van der Waals surface area contributed by atoms with Crippen LogP contribution in [0.4, 0.5) is 0 Å². The number of ether oxygens (including phenoxy) is 1. The van der Waals surface area contributed by atoms with E-state index in [1.165, 1.54) is 10.4 Å². The van der Waals surface area contributed by atoms with E-state index in [0.29, 0.717) is 5.88 Å². The van der Waals surface area contributed by atoms with E-state index in [1.807, 2.05) is 24.3 Å². The van der Waals surface area contributed by atoms with Gasteiger partial charge in [-0.25, -0.2) is 4.99 Å². The van der Waals surface area contributed by atoms with Crippen LogP contribution in [-0.4, -0.2) is 7.11 Å². The van der Waals surface area contributed by atoms with E-state index in [1.54, 1.807) is 7.11 Å². The molecule has 0 N–H and O–H groups in total. The molecule has 0 bridgehead atoms. The number of benzene rings is 3. The third-order valence-electron chi connectivity index (χ3n) is 3.98. The van der Waals surface area contributed by atoms with Crippen LogP contribution in [0.3, 0.4) is 0 Å². The van der Waals surface area contributed by atoms with Gasteiger partial charge in [-0.3, -0.25) is 0 Å². The molecule has 2 heteroatoms. The molecule has 0 saturated carbocycles. The van der Waals surface area contributed by atoms with Crippen LogP contribution in [0.25, 0.3) is 5.88 Å². The van der Waals surface area contributed by atoms with Crippen LogP contribution in [-0.2, 0) is 4.74 Å². The number of methoxy groups -OCH3 is 1. The number of nitrogens with zero attached hydrogens (tertiary/aromatic N) is 1. The predicted octanol–water partition coefficient (Wildman–Crippen LogP) is 2.61. The molecule has 3 aromatic rings. The highest BCUT2D eigenvalue weighted by Gasteiger charge is 2.02. The van der Waals surface area contributed by atoms with Crippen molar-refractivity contribution in [2.45, 2.75) is 0 Å². The predicted molar refractivity (Wildman–Crippen MR) is 85.9 cm³/mol. The fourth-order valence-electron chi connectivity index (χ4n) is 2.98. The van der Waals surface area contributed by atoms with Gasteiger partial charge in [0.05, 0.1) is 12.5 Å². The molecule has 22 heavy (non-hydrogen) atoms. The Morgan fingerprint density at radius 2 is 1.05 bits per heavy atom. The van der Waals surface area contributed by atoms with Crippen molar-refractivity contribution < 1.29 is 4.74 Å². The van der Waals surface area contributed by atoms with Crippen LogP contribution in [0.2, 0.25) is 0 Å². The smallest absolute Gasteiger partial charge is 0.221 e. The van der Waals surface area contributed by atoms with Gasteiger partial charge in [-0.1, -0.05) is 60.7 Å². The van der Waals surface area contributed by atoms with Gasteiger partial charge >= 0.3 is 0 Å². The Hall–Kier alpha value is -2.87. The lowest BCUT2D eigenvalue weighted by Crippen LogP contribution is -2.14. The van der Waals surface area contributed by atoms with E-state index in [-0.39, 0.29) is 0 Å². The Labute approximate surface area is 127 Å². The topological polar surface area (TPSA) is 21.6 Å². The summed E-state index contributed by atoms with van der Waals surface area (Å²) in [5.41, 5.74) is 0. The van der Waals surface area contributed by atoms with E-state index in [9.17, 15) is 0 Å². The third kappa shape index (κ3) is 1.92.